The smallest absolute Gasteiger partial charge is 0.376 e. The van der Waals surface area contributed by atoms with Gasteiger partial charge in [0.1, 0.15) is 5.15 Å². The lowest BCUT2D eigenvalue weighted by atomic mass is 10.3. The second kappa shape index (κ2) is 5.05. The summed E-state index contributed by atoms with van der Waals surface area (Å²) in [4.78, 5) is 0. The van der Waals surface area contributed by atoms with Crippen molar-refractivity contribution in [3.8, 4) is 0 Å². The van der Waals surface area contributed by atoms with E-state index in [4.69, 9.17) is 16.3 Å². The van der Waals surface area contributed by atoms with Gasteiger partial charge in [-0.1, -0.05) is 11.6 Å². The summed E-state index contributed by atoms with van der Waals surface area (Å²) in [7, 11) is 1.66. The first-order valence-corrected chi connectivity index (χ1v) is 5.01. The van der Waals surface area contributed by atoms with Crippen LogP contribution < -0.4 is 0 Å². The van der Waals surface area contributed by atoms with E-state index < -0.39 is 12.6 Å². The molecule has 0 N–H and O–H groups in total. The molecule has 0 aliphatic carbocycles. The van der Waals surface area contributed by atoms with Gasteiger partial charge >= 0.3 is 6.18 Å². The molecule has 0 atom stereocenters. The summed E-state index contributed by atoms with van der Waals surface area (Å²) in [5.74, 6) is 0. The highest BCUT2D eigenvalue weighted by molar-refractivity contribution is 6.30. The van der Waals surface area contributed by atoms with Crippen molar-refractivity contribution in [3.05, 3.63) is 16.4 Å². The van der Waals surface area contributed by atoms with Gasteiger partial charge in [-0.15, -0.1) is 0 Å². The van der Waals surface area contributed by atoms with Gasteiger partial charge in [0, 0.05) is 12.6 Å². The molecule has 0 aliphatic heterocycles. The van der Waals surface area contributed by atoms with Crippen LogP contribution in [-0.4, -0.2) is 22.6 Å². The summed E-state index contributed by atoms with van der Waals surface area (Å²) < 4.78 is 41.8. The zero-order valence-electron chi connectivity index (χ0n) is 8.94. The standard InChI is InChI=1S/C9H12ClF3N2O/c1-6-7(8(10)15(2)14-6)5-16-4-3-9(11,12)13/h3-5H2,1-2H3. The van der Waals surface area contributed by atoms with Crippen LogP contribution in [0.1, 0.15) is 17.7 Å². The Morgan fingerprint density at radius 2 is 2.06 bits per heavy atom. The molecule has 0 radical (unpaired) electrons. The maximum absolute atomic E-state index is 11.8. The van der Waals surface area contributed by atoms with Crippen LogP contribution in [0, 0.1) is 6.92 Å². The maximum Gasteiger partial charge on any atom is 0.391 e. The number of nitrogens with zero attached hydrogens (tertiary/aromatic N) is 2. The van der Waals surface area contributed by atoms with E-state index in [1.54, 1.807) is 14.0 Å². The second-order valence-corrected chi connectivity index (χ2v) is 3.75. The summed E-state index contributed by atoms with van der Waals surface area (Å²) in [6, 6.07) is 0. The zero-order chi connectivity index (χ0) is 12.3. The molecule has 0 aromatic carbocycles. The van der Waals surface area contributed by atoms with Gasteiger partial charge in [0.25, 0.3) is 0 Å². The number of alkyl halides is 3. The number of hydrogen-bond donors (Lipinski definition) is 0. The van der Waals surface area contributed by atoms with Crippen molar-refractivity contribution in [2.75, 3.05) is 6.61 Å². The predicted octanol–water partition coefficient (Wildman–Crippen LogP) is 2.85. The predicted molar refractivity (Wildman–Crippen MR) is 53.3 cm³/mol. The minimum absolute atomic E-state index is 0.0502. The van der Waals surface area contributed by atoms with Gasteiger partial charge in [0.05, 0.1) is 25.3 Å². The lowest BCUT2D eigenvalue weighted by Crippen LogP contribution is -2.11. The topological polar surface area (TPSA) is 27.1 Å². The van der Waals surface area contributed by atoms with Crippen molar-refractivity contribution in [2.45, 2.75) is 26.1 Å². The molecule has 16 heavy (non-hydrogen) atoms. The molecule has 1 aromatic heterocycles. The third-order valence-electron chi connectivity index (χ3n) is 2.05. The number of ether oxygens (including phenoxy) is 1. The lowest BCUT2D eigenvalue weighted by Gasteiger charge is -2.07. The Labute approximate surface area is 96.1 Å². The molecule has 1 rings (SSSR count). The highest BCUT2D eigenvalue weighted by Crippen LogP contribution is 2.22. The van der Waals surface area contributed by atoms with Gasteiger partial charge in [-0.3, -0.25) is 4.68 Å². The van der Waals surface area contributed by atoms with Gasteiger partial charge in [0.2, 0.25) is 0 Å². The van der Waals surface area contributed by atoms with E-state index in [0.29, 0.717) is 16.4 Å². The van der Waals surface area contributed by atoms with Crippen LogP contribution in [0.4, 0.5) is 13.2 Å². The number of rotatable bonds is 4. The Hall–Kier alpha value is -0.750. The summed E-state index contributed by atoms with van der Waals surface area (Å²) in [5.41, 5.74) is 1.30. The van der Waals surface area contributed by atoms with E-state index in [2.05, 4.69) is 5.10 Å². The number of aromatic nitrogens is 2. The van der Waals surface area contributed by atoms with Gasteiger partial charge in [-0.25, -0.2) is 0 Å². The van der Waals surface area contributed by atoms with Crippen LogP contribution in [0.3, 0.4) is 0 Å². The fraction of sp³-hybridized carbons (Fsp3) is 0.667. The monoisotopic (exact) mass is 256 g/mol. The molecule has 0 amide bonds. The van der Waals surface area contributed by atoms with Crippen LogP contribution in [0.5, 0.6) is 0 Å². The van der Waals surface area contributed by atoms with Crippen molar-refractivity contribution in [3.63, 3.8) is 0 Å². The molecule has 3 nitrogen and oxygen atoms in total. The van der Waals surface area contributed by atoms with Crippen LogP contribution in [0.25, 0.3) is 0 Å². The van der Waals surface area contributed by atoms with Crippen LogP contribution in [0.2, 0.25) is 5.15 Å². The maximum atomic E-state index is 11.8. The molecule has 0 saturated heterocycles. The average molecular weight is 257 g/mol. The third-order valence-corrected chi connectivity index (χ3v) is 2.52. The molecule has 0 saturated carbocycles. The van der Waals surface area contributed by atoms with E-state index in [1.165, 1.54) is 4.68 Å². The third kappa shape index (κ3) is 3.68. The van der Waals surface area contributed by atoms with Gasteiger partial charge in [-0.2, -0.15) is 18.3 Å². The first kappa shape index (κ1) is 13.3. The molecular weight excluding hydrogens is 245 g/mol. The van der Waals surface area contributed by atoms with Crippen molar-refractivity contribution < 1.29 is 17.9 Å². The molecule has 7 heteroatoms. The summed E-state index contributed by atoms with van der Waals surface area (Å²) in [5, 5.41) is 4.41. The summed E-state index contributed by atoms with van der Waals surface area (Å²) >= 11 is 5.88. The quantitative estimate of drug-likeness (QED) is 0.775. The van der Waals surface area contributed by atoms with E-state index >= 15 is 0 Å². The summed E-state index contributed by atoms with van der Waals surface area (Å²) in [6.45, 7) is 1.41. The van der Waals surface area contributed by atoms with E-state index in [-0.39, 0.29) is 13.2 Å². The van der Waals surface area contributed by atoms with Crippen molar-refractivity contribution in [1.29, 1.82) is 0 Å². The highest BCUT2D eigenvalue weighted by atomic mass is 35.5. The summed E-state index contributed by atoms with van der Waals surface area (Å²) in [6.07, 6.45) is -5.14. The second-order valence-electron chi connectivity index (χ2n) is 3.40. The number of halogens is 4. The van der Waals surface area contributed by atoms with Gasteiger partial charge in [0.15, 0.2) is 0 Å². The van der Waals surface area contributed by atoms with Gasteiger partial charge in [-0.05, 0) is 6.92 Å². The number of aryl methyl sites for hydroxylation is 2. The largest absolute Gasteiger partial charge is 0.391 e. The normalized spacial score (nSPS) is 12.1. The van der Waals surface area contributed by atoms with E-state index in [1.807, 2.05) is 0 Å². The molecule has 92 valence electrons. The zero-order valence-corrected chi connectivity index (χ0v) is 9.69. The Morgan fingerprint density at radius 3 is 2.50 bits per heavy atom. The Bertz CT molecular complexity index is 362. The molecule has 1 heterocycles. The fourth-order valence-corrected chi connectivity index (χ4v) is 1.43. The van der Waals surface area contributed by atoms with Crippen molar-refractivity contribution in [2.24, 2.45) is 7.05 Å². The SMILES string of the molecule is Cc1nn(C)c(Cl)c1COCCC(F)(F)F. The van der Waals surface area contributed by atoms with Gasteiger partial charge < -0.3 is 4.74 Å². The minimum Gasteiger partial charge on any atom is -0.376 e. The number of hydrogen-bond acceptors (Lipinski definition) is 2. The molecule has 1 aromatic rings. The van der Waals surface area contributed by atoms with Crippen LogP contribution in [0.15, 0.2) is 0 Å². The highest BCUT2D eigenvalue weighted by Gasteiger charge is 2.26. The van der Waals surface area contributed by atoms with E-state index in [9.17, 15) is 13.2 Å². The molecular formula is C9H12ClF3N2O. The van der Waals surface area contributed by atoms with Crippen LogP contribution >= 0.6 is 11.6 Å². The Kier molecular flexibility index (Phi) is 4.21. The molecule has 0 spiro atoms. The first-order chi connectivity index (χ1) is 7.31. The Balaban J connectivity index is 2.43. The van der Waals surface area contributed by atoms with Crippen molar-refractivity contribution >= 4 is 11.6 Å². The molecule has 0 aliphatic rings. The average Bonchev–Trinajstić information content (AvgIpc) is 2.36. The molecule has 0 bridgehead atoms. The minimum atomic E-state index is -4.19. The molecule has 0 unspecified atom stereocenters. The van der Waals surface area contributed by atoms with Crippen molar-refractivity contribution in [1.82, 2.24) is 9.78 Å². The van der Waals surface area contributed by atoms with Crippen LogP contribution in [-0.2, 0) is 18.4 Å². The Morgan fingerprint density at radius 1 is 1.44 bits per heavy atom. The van der Waals surface area contributed by atoms with E-state index in [0.717, 1.165) is 0 Å². The first-order valence-electron chi connectivity index (χ1n) is 4.63. The lowest BCUT2D eigenvalue weighted by molar-refractivity contribution is -0.146. The molecule has 0 fully saturated rings. The fourth-order valence-electron chi connectivity index (χ4n) is 1.20.